The van der Waals surface area contributed by atoms with Gasteiger partial charge in [-0.3, -0.25) is 9.36 Å². The standard InChI is InChI=1S/C25H22N2O4/c1-18-26-23-11-6-5-10-22(23)24(28)27(18)20-14-12-19(13-15-20)25(29)31-17-7-16-30-21-8-3-2-4-9-21/h2-6,8-15H,7,16-17H2,1H3. The van der Waals surface area contributed by atoms with E-state index in [0.29, 0.717) is 41.0 Å². The summed E-state index contributed by atoms with van der Waals surface area (Å²) in [5.74, 6) is 0.961. The van der Waals surface area contributed by atoms with Crippen molar-refractivity contribution in [3.8, 4) is 11.4 Å². The second kappa shape index (κ2) is 9.26. The second-order valence-corrected chi connectivity index (χ2v) is 7.01. The van der Waals surface area contributed by atoms with E-state index in [1.54, 1.807) is 41.8 Å². The van der Waals surface area contributed by atoms with Crippen molar-refractivity contribution in [3.05, 3.63) is 101 Å². The van der Waals surface area contributed by atoms with Crippen LogP contribution in [0.3, 0.4) is 0 Å². The Morgan fingerprint density at radius 3 is 2.39 bits per heavy atom. The quantitative estimate of drug-likeness (QED) is 0.333. The second-order valence-electron chi connectivity index (χ2n) is 7.01. The number of benzene rings is 3. The number of aryl methyl sites for hydroxylation is 1. The largest absolute Gasteiger partial charge is 0.493 e. The van der Waals surface area contributed by atoms with Crippen molar-refractivity contribution in [2.45, 2.75) is 13.3 Å². The van der Waals surface area contributed by atoms with Crippen LogP contribution in [0.25, 0.3) is 16.6 Å². The molecule has 0 N–H and O–H groups in total. The first-order valence-electron chi connectivity index (χ1n) is 10.1. The van der Waals surface area contributed by atoms with E-state index in [1.165, 1.54) is 0 Å². The van der Waals surface area contributed by atoms with E-state index in [4.69, 9.17) is 9.47 Å². The molecule has 0 bridgehead atoms. The van der Waals surface area contributed by atoms with Gasteiger partial charge in [-0.15, -0.1) is 0 Å². The van der Waals surface area contributed by atoms with E-state index in [2.05, 4.69) is 4.98 Å². The first-order valence-corrected chi connectivity index (χ1v) is 10.1. The molecule has 4 aromatic rings. The lowest BCUT2D eigenvalue weighted by Gasteiger charge is -2.11. The van der Waals surface area contributed by atoms with Crippen molar-refractivity contribution in [1.82, 2.24) is 9.55 Å². The van der Waals surface area contributed by atoms with Gasteiger partial charge in [0.2, 0.25) is 0 Å². The van der Waals surface area contributed by atoms with Crippen molar-refractivity contribution in [1.29, 1.82) is 0 Å². The number of carbonyl (C=O) groups is 1. The summed E-state index contributed by atoms with van der Waals surface area (Å²) >= 11 is 0. The van der Waals surface area contributed by atoms with Crippen LogP contribution in [0.2, 0.25) is 0 Å². The predicted molar refractivity (Wildman–Crippen MR) is 119 cm³/mol. The van der Waals surface area contributed by atoms with E-state index in [1.807, 2.05) is 48.5 Å². The fourth-order valence-electron chi connectivity index (χ4n) is 3.31. The lowest BCUT2D eigenvalue weighted by atomic mass is 10.2. The first kappa shape index (κ1) is 20.3. The Hall–Kier alpha value is -3.93. The van der Waals surface area contributed by atoms with E-state index < -0.39 is 5.97 Å². The molecule has 6 nitrogen and oxygen atoms in total. The Kier molecular flexibility index (Phi) is 6.08. The summed E-state index contributed by atoms with van der Waals surface area (Å²) in [5.41, 5.74) is 1.59. The van der Waals surface area contributed by atoms with Crippen LogP contribution >= 0.6 is 0 Å². The molecule has 0 atom stereocenters. The van der Waals surface area contributed by atoms with Gasteiger partial charge in [0.05, 0.1) is 35.4 Å². The third kappa shape index (κ3) is 4.64. The summed E-state index contributed by atoms with van der Waals surface area (Å²) in [6, 6.07) is 23.5. The number of aromatic nitrogens is 2. The van der Waals surface area contributed by atoms with E-state index in [-0.39, 0.29) is 12.2 Å². The molecule has 156 valence electrons. The van der Waals surface area contributed by atoms with Crippen molar-refractivity contribution in [3.63, 3.8) is 0 Å². The van der Waals surface area contributed by atoms with Crippen LogP contribution in [0, 0.1) is 6.92 Å². The highest BCUT2D eigenvalue weighted by atomic mass is 16.5. The van der Waals surface area contributed by atoms with Crippen LogP contribution in [0.4, 0.5) is 0 Å². The van der Waals surface area contributed by atoms with Gasteiger partial charge in [0.25, 0.3) is 5.56 Å². The monoisotopic (exact) mass is 414 g/mol. The zero-order valence-electron chi connectivity index (χ0n) is 17.2. The lowest BCUT2D eigenvalue weighted by Crippen LogP contribution is -2.22. The predicted octanol–water partition coefficient (Wildman–Crippen LogP) is 4.32. The third-order valence-corrected chi connectivity index (χ3v) is 4.84. The van der Waals surface area contributed by atoms with Gasteiger partial charge in [-0.25, -0.2) is 9.78 Å². The number of fused-ring (bicyclic) bond motifs is 1. The van der Waals surface area contributed by atoms with Crippen molar-refractivity contribution >= 4 is 16.9 Å². The lowest BCUT2D eigenvalue weighted by molar-refractivity contribution is 0.0486. The average Bonchev–Trinajstić information content (AvgIpc) is 2.80. The summed E-state index contributed by atoms with van der Waals surface area (Å²) < 4.78 is 12.4. The van der Waals surface area contributed by atoms with Gasteiger partial charge in [-0.05, 0) is 55.5 Å². The highest BCUT2D eigenvalue weighted by molar-refractivity contribution is 5.89. The van der Waals surface area contributed by atoms with Gasteiger partial charge >= 0.3 is 5.97 Å². The maximum Gasteiger partial charge on any atom is 0.338 e. The molecule has 0 amide bonds. The SMILES string of the molecule is Cc1nc2ccccc2c(=O)n1-c1ccc(C(=O)OCCCOc2ccccc2)cc1. The van der Waals surface area contributed by atoms with Gasteiger partial charge in [0.15, 0.2) is 0 Å². The summed E-state index contributed by atoms with van der Waals surface area (Å²) in [6.07, 6.45) is 0.593. The zero-order chi connectivity index (χ0) is 21.6. The Labute approximate surface area is 179 Å². The Balaban J connectivity index is 1.38. The van der Waals surface area contributed by atoms with E-state index >= 15 is 0 Å². The number of hydrogen-bond donors (Lipinski definition) is 0. The number of carbonyl (C=O) groups excluding carboxylic acids is 1. The molecule has 0 radical (unpaired) electrons. The third-order valence-electron chi connectivity index (χ3n) is 4.84. The van der Waals surface area contributed by atoms with Crippen molar-refractivity contribution in [2.75, 3.05) is 13.2 Å². The number of esters is 1. The highest BCUT2D eigenvalue weighted by Gasteiger charge is 2.11. The molecular weight excluding hydrogens is 392 g/mol. The summed E-state index contributed by atoms with van der Waals surface area (Å²) in [4.78, 5) is 29.7. The molecular formula is C25H22N2O4. The van der Waals surface area contributed by atoms with Crippen molar-refractivity contribution < 1.29 is 14.3 Å². The Bertz CT molecular complexity index is 1250. The molecule has 4 rings (SSSR count). The number of hydrogen-bond acceptors (Lipinski definition) is 5. The maximum atomic E-state index is 12.9. The topological polar surface area (TPSA) is 70.4 Å². The summed E-state index contributed by atoms with van der Waals surface area (Å²) in [7, 11) is 0. The van der Waals surface area contributed by atoms with E-state index in [0.717, 1.165) is 5.75 Å². The number of para-hydroxylation sites is 2. The summed E-state index contributed by atoms with van der Waals surface area (Å²) in [6.45, 7) is 2.52. The molecule has 6 heteroatoms. The molecule has 0 aliphatic carbocycles. The molecule has 3 aromatic carbocycles. The van der Waals surface area contributed by atoms with Gasteiger partial charge in [0.1, 0.15) is 11.6 Å². The number of nitrogens with zero attached hydrogens (tertiary/aromatic N) is 2. The fourth-order valence-corrected chi connectivity index (χ4v) is 3.31. The minimum atomic E-state index is -0.410. The van der Waals surface area contributed by atoms with Crippen LogP contribution in [0.1, 0.15) is 22.6 Å². The van der Waals surface area contributed by atoms with Gasteiger partial charge < -0.3 is 9.47 Å². The molecule has 1 heterocycles. The van der Waals surface area contributed by atoms with Gasteiger partial charge in [-0.2, -0.15) is 0 Å². The van der Waals surface area contributed by atoms with Gasteiger partial charge in [-0.1, -0.05) is 30.3 Å². The number of rotatable bonds is 7. The van der Waals surface area contributed by atoms with Crippen LogP contribution in [-0.4, -0.2) is 28.7 Å². The molecule has 0 saturated heterocycles. The van der Waals surface area contributed by atoms with Gasteiger partial charge in [0, 0.05) is 6.42 Å². The molecule has 0 saturated carbocycles. The van der Waals surface area contributed by atoms with Crippen LogP contribution in [0.15, 0.2) is 83.7 Å². The number of ether oxygens (including phenoxy) is 2. The highest BCUT2D eigenvalue weighted by Crippen LogP contribution is 2.14. The molecule has 1 aromatic heterocycles. The molecule has 0 aliphatic rings. The Morgan fingerprint density at radius 2 is 1.61 bits per heavy atom. The normalized spacial score (nSPS) is 10.7. The average molecular weight is 414 g/mol. The first-order chi connectivity index (χ1) is 15.1. The maximum absolute atomic E-state index is 12.9. The molecule has 0 fully saturated rings. The molecule has 0 aliphatic heterocycles. The van der Waals surface area contributed by atoms with Crippen molar-refractivity contribution in [2.24, 2.45) is 0 Å². The fraction of sp³-hybridized carbons (Fsp3) is 0.160. The van der Waals surface area contributed by atoms with Crippen LogP contribution in [-0.2, 0) is 4.74 Å². The van der Waals surface area contributed by atoms with Crippen LogP contribution in [0.5, 0.6) is 5.75 Å². The van der Waals surface area contributed by atoms with Crippen LogP contribution < -0.4 is 10.3 Å². The minimum absolute atomic E-state index is 0.142. The summed E-state index contributed by atoms with van der Waals surface area (Å²) in [5, 5.41) is 0.550. The smallest absolute Gasteiger partial charge is 0.338 e. The zero-order valence-corrected chi connectivity index (χ0v) is 17.2. The molecule has 0 unspecified atom stereocenters. The molecule has 0 spiro atoms. The van der Waals surface area contributed by atoms with E-state index in [9.17, 15) is 9.59 Å². The minimum Gasteiger partial charge on any atom is -0.493 e. The Morgan fingerprint density at radius 1 is 0.903 bits per heavy atom. The molecule has 31 heavy (non-hydrogen) atoms.